The Hall–Kier alpha value is -0.860. The number of phosphoric ester groups is 1. The fraction of sp³-hybridized carbons (Fsp3) is 0.783. The average molecular weight is 471 g/mol. The third-order valence-corrected chi connectivity index (χ3v) is 10.0. The van der Waals surface area contributed by atoms with Crippen molar-refractivity contribution in [1.29, 1.82) is 0 Å². The molecule has 4 rings (SSSR count). The molecule has 6 N–H and O–H groups in total. The first kappa shape index (κ1) is 24.3. The van der Waals surface area contributed by atoms with Crippen molar-refractivity contribution in [1.82, 2.24) is 0 Å². The summed E-state index contributed by atoms with van der Waals surface area (Å²) in [5.74, 6) is -0.159. The number of Topliss-reactive ketones (excluding diaryl/α,β-unsaturated/α-hetero) is 1. The van der Waals surface area contributed by atoms with Gasteiger partial charge in [0.25, 0.3) is 0 Å². The molecule has 4 aliphatic carbocycles. The molecular weight excluding hydrogens is 433 g/mol. The van der Waals surface area contributed by atoms with Gasteiger partial charge in [-0.15, -0.1) is 0 Å². The van der Waals surface area contributed by atoms with Crippen molar-refractivity contribution >= 4 is 13.6 Å². The van der Waals surface area contributed by atoms with Crippen LogP contribution in [-0.4, -0.2) is 51.9 Å². The van der Waals surface area contributed by atoms with Gasteiger partial charge in [-0.2, -0.15) is 0 Å². The maximum atomic E-state index is 12.4. The Balaban J connectivity index is 1.59. The van der Waals surface area contributed by atoms with Crippen molar-refractivity contribution < 1.29 is 39.2 Å². The summed E-state index contributed by atoms with van der Waals surface area (Å²) in [5, 5.41) is 22.0. The van der Waals surface area contributed by atoms with E-state index in [1.54, 1.807) is 0 Å². The highest BCUT2D eigenvalue weighted by Gasteiger charge is 2.67. The molecule has 3 saturated carbocycles. The van der Waals surface area contributed by atoms with E-state index in [0.29, 0.717) is 32.2 Å². The van der Waals surface area contributed by atoms with Gasteiger partial charge in [0.15, 0.2) is 11.4 Å². The lowest BCUT2D eigenvalue weighted by Crippen LogP contribution is -2.58. The molecule has 0 aromatic carbocycles. The van der Waals surface area contributed by atoms with Crippen LogP contribution in [0, 0.1) is 22.7 Å². The van der Waals surface area contributed by atoms with E-state index in [4.69, 9.17) is 9.05 Å². The number of rotatable bonds is 6. The van der Waals surface area contributed by atoms with Crippen LogP contribution in [0.1, 0.15) is 59.3 Å². The number of hydrogen-bond acceptors (Lipinski definition) is 6. The highest BCUT2D eigenvalue weighted by molar-refractivity contribution is 7.47. The molecule has 3 fully saturated rings. The number of quaternary nitrogens is 1. The largest absolute Gasteiger partial charge is 0.472 e. The lowest BCUT2D eigenvalue weighted by atomic mass is 9.50. The first-order valence-corrected chi connectivity index (χ1v) is 13.2. The number of aliphatic hydroxyl groups is 2. The summed E-state index contributed by atoms with van der Waals surface area (Å²) in [6.45, 7) is 6.04. The van der Waals surface area contributed by atoms with Crippen LogP contribution in [0.5, 0.6) is 0 Å². The quantitative estimate of drug-likeness (QED) is 0.435. The van der Waals surface area contributed by atoms with Gasteiger partial charge in [0, 0.05) is 5.41 Å². The molecule has 0 spiro atoms. The number of hydrogen-bond donors (Lipinski definition) is 4. The van der Waals surface area contributed by atoms with E-state index < -0.39 is 24.9 Å². The van der Waals surface area contributed by atoms with Crippen LogP contribution in [0.25, 0.3) is 0 Å². The zero-order valence-corrected chi connectivity index (χ0v) is 20.1. The molecule has 0 bridgehead atoms. The number of fused-ring (bicyclic) bond motifs is 5. The Morgan fingerprint density at radius 1 is 1.25 bits per heavy atom. The molecular formula is C23H37NO7P+. The minimum Gasteiger partial charge on any atom is -0.390 e. The van der Waals surface area contributed by atoms with E-state index in [-0.39, 0.29) is 35.7 Å². The van der Waals surface area contributed by atoms with Crippen molar-refractivity contribution in [2.75, 3.05) is 13.2 Å². The molecule has 9 heteroatoms. The van der Waals surface area contributed by atoms with Gasteiger partial charge in [0.1, 0.15) is 6.61 Å². The monoisotopic (exact) mass is 470 g/mol. The fourth-order valence-electron chi connectivity index (χ4n) is 7.12. The maximum absolute atomic E-state index is 12.4. The van der Waals surface area contributed by atoms with E-state index in [1.165, 1.54) is 18.1 Å². The summed E-state index contributed by atoms with van der Waals surface area (Å²) in [7, 11) is -4.10. The molecule has 32 heavy (non-hydrogen) atoms. The molecule has 3 unspecified atom stereocenters. The van der Waals surface area contributed by atoms with Crippen molar-refractivity contribution in [3.8, 4) is 0 Å². The highest BCUT2D eigenvalue weighted by atomic mass is 31.2. The van der Waals surface area contributed by atoms with Gasteiger partial charge in [-0.25, -0.2) is 4.57 Å². The van der Waals surface area contributed by atoms with E-state index in [9.17, 15) is 24.5 Å². The minimum absolute atomic E-state index is 0.0533. The van der Waals surface area contributed by atoms with Crippen LogP contribution < -0.4 is 5.73 Å². The topological polar surface area (TPSA) is 141 Å². The van der Waals surface area contributed by atoms with Gasteiger partial charge < -0.3 is 20.8 Å². The molecule has 0 aromatic rings. The fourth-order valence-corrected chi connectivity index (χ4v) is 8.10. The molecule has 0 radical (unpaired) electrons. The predicted octanol–water partition coefficient (Wildman–Crippen LogP) is 1.90. The van der Waals surface area contributed by atoms with Gasteiger partial charge in [-0.3, -0.25) is 13.8 Å². The van der Waals surface area contributed by atoms with Gasteiger partial charge in [0.2, 0.25) is 0 Å². The third-order valence-electron chi connectivity index (χ3n) is 8.97. The van der Waals surface area contributed by atoms with E-state index in [1.807, 2.05) is 6.92 Å². The second-order valence-electron chi connectivity index (χ2n) is 10.5. The molecule has 180 valence electrons. The second kappa shape index (κ2) is 8.12. The van der Waals surface area contributed by atoms with Gasteiger partial charge in [-0.1, -0.05) is 37.1 Å². The van der Waals surface area contributed by atoms with Crippen molar-refractivity contribution in [2.24, 2.45) is 22.7 Å². The molecule has 4 aliphatic rings. The second-order valence-corrected chi connectivity index (χ2v) is 11.9. The molecule has 0 aromatic heterocycles. The summed E-state index contributed by atoms with van der Waals surface area (Å²) in [5.41, 5.74) is 3.52. The molecule has 0 saturated heterocycles. The van der Waals surface area contributed by atoms with Crippen molar-refractivity contribution in [3.63, 3.8) is 0 Å². The molecule has 0 amide bonds. The molecule has 8 atom stereocenters. The lowest BCUT2D eigenvalue weighted by molar-refractivity contribution is -0.371. The number of ketones is 1. The highest BCUT2D eigenvalue weighted by Crippen LogP contribution is 2.66. The summed E-state index contributed by atoms with van der Waals surface area (Å²) in [6.07, 6.45) is 6.65. The summed E-state index contributed by atoms with van der Waals surface area (Å²) in [4.78, 5) is 22.4. The third kappa shape index (κ3) is 3.50. The van der Waals surface area contributed by atoms with Gasteiger partial charge in [-0.05, 0) is 62.7 Å². The zero-order chi connectivity index (χ0) is 23.5. The van der Waals surface area contributed by atoms with E-state index >= 15 is 0 Å². The van der Waals surface area contributed by atoms with E-state index in [0.717, 1.165) is 12.8 Å². The predicted molar refractivity (Wildman–Crippen MR) is 117 cm³/mol. The first-order chi connectivity index (χ1) is 14.9. The standard InChI is InChI=1S/C23H36NO7P/c1-14(25)23(27)20(26)13-19-17-5-4-15-12-16(31-32(28,29)30-11-10-24)6-8-21(15,2)18(17)7-9-22(19,23)3/h4-5,16,18-20,26-27H,6-13,24H2,1-3H3,(H,28,29)/p+1/t16?,18-,19-,20?,21-,22-,23+/m0/s1. The normalized spacial score (nSPS) is 45.1. The first-order valence-electron chi connectivity index (χ1n) is 11.7. The number of allylic oxidation sites excluding steroid dienone is 3. The van der Waals surface area contributed by atoms with Crippen LogP contribution in [0.15, 0.2) is 23.3 Å². The van der Waals surface area contributed by atoms with Gasteiger partial charge in [0.05, 0.1) is 18.8 Å². The Morgan fingerprint density at radius 2 is 1.97 bits per heavy atom. The van der Waals surface area contributed by atoms with Crippen LogP contribution in [0.4, 0.5) is 0 Å². The summed E-state index contributed by atoms with van der Waals surface area (Å²) in [6, 6.07) is 0. The average Bonchev–Trinajstić information content (AvgIpc) is 2.94. The van der Waals surface area contributed by atoms with Crippen LogP contribution in [0.3, 0.4) is 0 Å². The van der Waals surface area contributed by atoms with E-state index in [2.05, 4.69) is 24.8 Å². The van der Waals surface area contributed by atoms with Crippen molar-refractivity contribution in [3.05, 3.63) is 23.3 Å². The Morgan fingerprint density at radius 3 is 2.62 bits per heavy atom. The Labute approximate surface area is 189 Å². The Kier molecular flexibility index (Phi) is 6.16. The number of aliphatic hydroxyl groups excluding tert-OH is 1. The van der Waals surface area contributed by atoms with Gasteiger partial charge >= 0.3 is 7.82 Å². The summed E-state index contributed by atoms with van der Waals surface area (Å²) < 4.78 is 22.6. The molecule has 0 aliphatic heterocycles. The maximum Gasteiger partial charge on any atom is 0.472 e. The number of carbonyl (C=O) groups excluding carboxylic acids is 1. The minimum atomic E-state index is -4.10. The number of carbonyl (C=O) groups is 1. The Bertz CT molecular complexity index is 903. The number of phosphoric acid groups is 1. The SMILES string of the molecule is CC(=O)[C@@]1(O)C(O)C[C@H]2C3=CC=C4CC(OP(=O)(O)OCC[NH3+])CC[C@]4(C)[C@H]3CC[C@@]21C. The van der Waals surface area contributed by atoms with Crippen molar-refractivity contribution in [2.45, 2.75) is 77.1 Å². The van der Waals surface area contributed by atoms with Crippen LogP contribution in [0.2, 0.25) is 0 Å². The molecule has 8 nitrogen and oxygen atoms in total. The smallest absolute Gasteiger partial charge is 0.390 e. The van der Waals surface area contributed by atoms with Crippen LogP contribution in [-0.2, 0) is 18.4 Å². The lowest BCUT2D eigenvalue weighted by Gasteiger charge is -2.55. The zero-order valence-electron chi connectivity index (χ0n) is 19.2. The van der Waals surface area contributed by atoms with Crippen LogP contribution >= 0.6 is 7.82 Å². The summed E-state index contributed by atoms with van der Waals surface area (Å²) >= 11 is 0. The molecule has 0 heterocycles.